The Morgan fingerprint density at radius 1 is 1.29 bits per heavy atom. The van der Waals surface area contributed by atoms with Gasteiger partial charge in [-0.05, 0) is 12.1 Å². The van der Waals surface area contributed by atoms with Gasteiger partial charge in [-0.25, -0.2) is 5.90 Å². The van der Waals surface area contributed by atoms with Crippen LogP contribution in [0.15, 0.2) is 12.1 Å². The van der Waals surface area contributed by atoms with E-state index in [1.165, 1.54) is 20.3 Å². The molecule has 0 aliphatic carbocycles. The van der Waals surface area contributed by atoms with Gasteiger partial charge in [0.05, 0.1) is 19.8 Å². The van der Waals surface area contributed by atoms with Crippen LogP contribution in [0.3, 0.4) is 0 Å². The van der Waals surface area contributed by atoms with Crippen molar-refractivity contribution in [1.29, 1.82) is 0 Å². The van der Waals surface area contributed by atoms with Gasteiger partial charge in [0.2, 0.25) is 0 Å². The van der Waals surface area contributed by atoms with Crippen molar-refractivity contribution >= 4 is 0 Å². The van der Waals surface area contributed by atoms with E-state index < -0.39 is 0 Å². The second-order valence-corrected chi connectivity index (χ2v) is 2.61. The molecule has 1 aromatic rings. The molecule has 0 amide bonds. The van der Waals surface area contributed by atoms with Gasteiger partial charge in [0.1, 0.15) is 12.4 Å². The Morgan fingerprint density at radius 3 is 2.50 bits per heavy atom. The van der Waals surface area contributed by atoms with E-state index >= 15 is 0 Å². The Balaban J connectivity index is 3.20. The highest BCUT2D eigenvalue weighted by atomic mass is 16.6. The maximum atomic E-state index is 9.50. The molecular formula is C9H13NO4. The highest BCUT2D eigenvalue weighted by Gasteiger charge is 2.14. The van der Waals surface area contributed by atoms with E-state index in [-0.39, 0.29) is 12.4 Å². The van der Waals surface area contributed by atoms with Gasteiger partial charge in [-0.2, -0.15) is 0 Å². The zero-order valence-electron chi connectivity index (χ0n) is 8.11. The fourth-order valence-electron chi connectivity index (χ4n) is 1.20. The fraction of sp³-hybridized carbons (Fsp3) is 0.333. The summed E-state index contributed by atoms with van der Waals surface area (Å²) in [6.45, 7) is 0.0617. The summed E-state index contributed by atoms with van der Waals surface area (Å²) < 4.78 is 10.1. The molecule has 0 atom stereocenters. The number of phenolic OH excluding ortho intramolecular Hbond substituents is 1. The van der Waals surface area contributed by atoms with Crippen LogP contribution in [0.1, 0.15) is 5.56 Å². The highest BCUT2D eigenvalue weighted by molar-refractivity contribution is 5.53. The van der Waals surface area contributed by atoms with Gasteiger partial charge in [0.15, 0.2) is 11.5 Å². The molecule has 1 rings (SSSR count). The predicted octanol–water partition coefficient (Wildman–Crippen LogP) is 0.800. The molecule has 0 aliphatic rings. The molecule has 0 aromatic heterocycles. The zero-order valence-corrected chi connectivity index (χ0v) is 8.11. The number of nitrogens with two attached hydrogens (primary N) is 1. The number of phenols is 1. The Morgan fingerprint density at radius 2 is 2.00 bits per heavy atom. The van der Waals surface area contributed by atoms with Gasteiger partial charge in [-0.3, -0.25) is 4.84 Å². The van der Waals surface area contributed by atoms with Crippen LogP contribution in [-0.2, 0) is 11.4 Å². The van der Waals surface area contributed by atoms with Crippen LogP contribution >= 0.6 is 0 Å². The third kappa shape index (κ3) is 1.89. The Hall–Kier alpha value is -1.46. The van der Waals surface area contributed by atoms with E-state index in [1.807, 2.05) is 0 Å². The summed E-state index contributed by atoms with van der Waals surface area (Å²) in [5.41, 5.74) is 0.467. The number of rotatable bonds is 4. The predicted molar refractivity (Wildman–Crippen MR) is 50.2 cm³/mol. The lowest BCUT2D eigenvalue weighted by Crippen LogP contribution is -2.02. The SMILES string of the molecule is COc1ccc(O)c(CON)c1OC. The quantitative estimate of drug-likeness (QED) is 0.701. The maximum absolute atomic E-state index is 9.50. The van der Waals surface area contributed by atoms with E-state index in [0.29, 0.717) is 17.1 Å². The van der Waals surface area contributed by atoms with E-state index in [4.69, 9.17) is 15.4 Å². The van der Waals surface area contributed by atoms with Gasteiger partial charge < -0.3 is 14.6 Å². The van der Waals surface area contributed by atoms with Crippen LogP contribution in [-0.4, -0.2) is 19.3 Å². The molecule has 0 unspecified atom stereocenters. The lowest BCUT2D eigenvalue weighted by atomic mass is 10.1. The molecule has 0 saturated carbocycles. The first kappa shape index (κ1) is 10.6. The van der Waals surface area contributed by atoms with Crippen LogP contribution < -0.4 is 15.4 Å². The van der Waals surface area contributed by atoms with Gasteiger partial charge in [-0.1, -0.05) is 0 Å². The lowest BCUT2D eigenvalue weighted by Gasteiger charge is -2.12. The summed E-state index contributed by atoms with van der Waals surface area (Å²) in [7, 11) is 3.00. The summed E-state index contributed by atoms with van der Waals surface area (Å²) in [6, 6.07) is 3.10. The summed E-state index contributed by atoms with van der Waals surface area (Å²) >= 11 is 0. The number of aromatic hydroxyl groups is 1. The van der Waals surface area contributed by atoms with Crippen molar-refractivity contribution in [1.82, 2.24) is 0 Å². The number of hydrogen-bond donors (Lipinski definition) is 2. The van der Waals surface area contributed by atoms with Crippen molar-refractivity contribution in [3.63, 3.8) is 0 Å². The first-order valence-corrected chi connectivity index (χ1v) is 3.99. The molecule has 0 fully saturated rings. The monoisotopic (exact) mass is 199 g/mol. The average Bonchev–Trinajstić information content (AvgIpc) is 2.21. The first-order valence-electron chi connectivity index (χ1n) is 3.99. The minimum absolute atomic E-state index is 0.0617. The summed E-state index contributed by atoms with van der Waals surface area (Å²) in [6.07, 6.45) is 0. The molecular weight excluding hydrogens is 186 g/mol. The van der Waals surface area contributed by atoms with Crippen LogP contribution in [0.2, 0.25) is 0 Å². The fourth-order valence-corrected chi connectivity index (χ4v) is 1.20. The smallest absolute Gasteiger partial charge is 0.170 e. The van der Waals surface area contributed by atoms with Crippen LogP contribution in [0.25, 0.3) is 0 Å². The normalized spacial score (nSPS) is 9.93. The van der Waals surface area contributed by atoms with Gasteiger partial charge in [0, 0.05) is 0 Å². The van der Waals surface area contributed by atoms with Gasteiger partial charge in [0.25, 0.3) is 0 Å². The van der Waals surface area contributed by atoms with Crippen LogP contribution in [0.4, 0.5) is 0 Å². The molecule has 0 heterocycles. The minimum Gasteiger partial charge on any atom is -0.507 e. The second kappa shape index (κ2) is 4.69. The molecule has 0 spiro atoms. The molecule has 1 aromatic carbocycles. The summed E-state index contributed by atoms with van der Waals surface area (Å²) in [4.78, 5) is 4.46. The molecule has 78 valence electrons. The second-order valence-electron chi connectivity index (χ2n) is 2.61. The molecule has 0 bridgehead atoms. The number of ether oxygens (including phenoxy) is 2. The van der Waals surface area contributed by atoms with Crippen LogP contribution in [0.5, 0.6) is 17.2 Å². The van der Waals surface area contributed by atoms with E-state index in [1.54, 1.807) is 6.07 Å². The largest absolute Gasteiger partial charge is 0.507 e. The van der Waals surface area contributed by atoms with E-state index in [9.17, 15) is 5.11 Å². The van der Waals surface area contributed by atoms with Crippen molar-refractivity contribution in [2.45, 2.75) is 6.61 Å². The minimum atomic E-state index is 0.0617. The lowest BCUT2D eigenvalue weighted by molar-refractivity contribution is 0.119. The topological polar surface area (TPSA) is 73.9 Å². The van der Waals surface area contributed by atoms with Crippen molar-refractivity contribution in [2.75, 3.05) is 14.2 Å². The van der Waals surface area contributed by atoms with Gasteiger partial charge >= 0.3 is 0 Å². The molecule has 0 radical (unpaired) electrons. The highest BCUT2D eigenvalue weighted by Crippen LogP contribution is 2.36. The molecule has 0 saturated heterocycles. The van der Waals surface area contributed by atoms with Crippen molar-refractivity contribution < 1.29 is 19.4 Å². The number of methoxy groups -OCH3 is 2. The molecule has 0 aliphatic heterocycles. The number of benzene rings is 1. The molecule has 3 N–H and O–H groups in total. The van der Waals surface area contributed by atoms with Crippen molar-refractivity contribution in [3.05, 3.63) is 17.7 Å². The van der Waals surface area contributed by atoms with E-state index in [0.717, 1.165) is 0 Å². The average molecular weight is 199 g/mol. The third-order valence-electron chi connectivity index (χ3n) is 1.85. The Bertz CT molecular complexity index is 314. The molecule has 14 heavy (non-hydrogen) atoms. The van der Waals surface area contributed by atoms with Crippen molar-refractivity contribution in [2.24, 2.45) is 5.90 Å². The summed E-state index contributed by atoms with van der Waals surface area (Å²) in [5.74, 6) is 5.95. The summed E-state index contributed by atoms with van der Waals surface area (Å²) in [5, 5.41) is 9.50. The third-order valence-corrected chi connectivity index (χ3v) is 1.85. The van der Waals surface area contributed by atoms with Crippen molar-refractivity contribution in [3.8, 4) is 17.2 Å². The van der Waals surface area contributed by atoms with Gasteiger partial charge in [-0.15, -0.1) is 0 Å². The Kier molecular flexibility index (Phi) is 3.55. The first-order chi connectivity index (χ1) is 6.74. The molecule has 5 heteroatoms. The van der Waals surface area contributed by atoms with Crippen LogP contribution in [0, 0.1) is 0 Å². The molecule has 5 nitrogen and oxygen atoms in total. The Labute approximate surface area is 82.0 Å². The maximum Gasteiger partial charge on any atom is 0.170 e. The van der Waals surface area contributed by atoms with E-state index in [2.05, 4.69) is 4.84 Å². The zero-order chi connectivity index (χ0) is 10.6. The number of hydrogen-bond acceptors (Lipinski definition) is 5. The standard InChI is InChI=1S/C9H13NO4/c1-12-8-4-3-7(11)6(5-14-10)9(8)13-2/h3-4,11H,5,10H2,1-2H3.